The monoisotopic (exact) mass is 503 g/mol. The zero-order valence-electron chi connectivity index (χ0n) is 19.3. The molecule has 2 atom stereocenters. The Morgan fingerprint density at radius 2 is 1.74 bits per heavy atom. The van der Waals surface area contributed by atoms with Gasteiger partial charge in [-0.1, -0.05) is 24.3 Å². The van der Waals surface area contributed by atoms with Gasteiger partial charge in [-0.25, -0.2) is 8.42 Å². The number of sulfonamides is 1. The first-order chi connectivity index (χ1) is 16.8. The van der Waals surface area contributed by atoms with Gasteiger partial charge in [-0.3, -0.25) is 9.71 Å². The van der Waals surface area contributed by atoms with E-state index in [0.717, 1.165) is 34.6 Å². The third-order valence-electron chi connectivity index (χ3n) is 6.00. The van der Waals surface area contributed by atoms with Crippen molar-refractivity contribution in [2.75, 3.05) is 15.9 Å². The van der Waals surface area contributed by atoms with Crippen LogP contribution in [0.25, 0.3) is 5.69 Å². The summed E-state index contributed by atoms with van der Waals surface area (Å²) >= 11 is 5.84. The molecule has 0 unspecified atom stereocenters. The molecule has 1 fully saturated rings. The van der Waals surface area contributed by atoms with Gasteiger partial charge in [0.25, 0.3) is 0 Å². The Bertz CT molecular complexity index is 1470. The first kappa shape index (κ1) is 23.1. The molecule has 2 aromatic carbocycles. The van der Waals surface area contributed by atoms with Crippen molar-refractivity contribution in [3.63, 3.8) is 0 Å². The molecule has 0 radical (unpaired) electrons. The third-order valence-corrected chi connectivity index (χ3v) is 6.90. The topological polar surface area (TPSA) is 79.3 Å². The molecule has 0 amide bonds. The number of rotatable bonds is 6. The quantitative estimate of drug-likeness (QED) is 0.371. The Labute approximate surface area is 210 Å². The number of anilines is 2. The van der Waals surface area contributed by atoms with E-state index in [-0.39, 0.29) is 12.1 Å². The highest BCUT2D eigenvalue weighted by Gasteiger charge is 2.42. The van der Waals surface area contributed by atoms with Crippen molar-refractivity contribution in [3.8, 4) is 5.69 Å². The maximum atomic E-state index is 11.8. The number of thiocarbonyl (C=S) groups is 1. The fourth-order valence-electron chi connectivity index (χ4n) is 4.50. The lowest BCUT2D eigenvalue weighted by Crippen LogP contribution is -2.30. The smallest absolute Gasteiger partial charge is 0.229 e. The summed E-state index contributed by atoms with van der Waals surface area (Å²) in [7, 11) is -3.38. The summed E-state index contributed by atoms with van der Waals surface area (Å²) in [6.07, 6.45) is 4.97. The van der Waals surface area contributed by atoms with Crippen LogP contribution in [0.15, 0.2) is 91.3 Å². The van der Waals surface area contributed by atoms with E-state index < -0.39 is 10.0 Å². The average Bonchev–Trinajstić information content (AvgIpc) is 3.45. The molecule has 2 N–H and O–H groups in total. The molecule has 1 aliphatic rings. The molecule has 178 valence electrons. The van der Waals surface area contributed by atoms with Crippen molar-refractivity contribution in [2.24, 2.45) is 0 Å². The standard InChI is InChI=1S/C26H25N5O2S2/c1-18-17-20(13-14-21(18)29-35(2,32)33)31-25(24(28-26(31)34)22-11-6-7-15-27-22)23-12-8-16-30(23)19-9-4-3-5-10-19/h3-17,24-25,29H,1-2H3,(H,28,34)/t24-,25-/m1/s1. The van der Waals surface area contributed by atoms with Crippen LogP contribution in [-0.2, 0) is 10.0 Å². The number of aromatic nitrogens is 2. The van der Waals surface area contributed by atoms with Crippen molar-refractivity contribution in [1.29, 1.82) is 0 Å². The molecule has 35 heavy (non-hydrogen) atoms. The van der Waals surface area contributed by atoms with Crippen LogP contribution < -0.4 is 14.9 Å². The summed E-state index contributed by atoms with van der Waals surface area (Å²) < 4.78 is 28.3. The number of benzene rings is 2. The van der Waals surface area contributed by atoms with Gasteiger partial charge >= 0.3 is 0 Å². The lowest BCUT2D eigenvalue weighted by atomic mass is 10.0. The maximum Gasteiger partial charge on any atom is 0.229 e. The van der Waals surface area contributed by atoms with E-state index in [9.17, 15) is 8.42 Å². The van der Waals surface area contributed by atoms with Crippen LogP contribution in [0.5, 0.6) is 0 Å². The van der Waals surface area contributed by atoms with Gasteiger partial charge in [0, 0.05) is 29.5 Å². The average molecular weight is 504 g/mol. The van der Waals surface area contributed by atoms with Crippen molar-refractivity contribution in [1.82, 2.24) is 14.9 Å². The molecule has 1 saturated heterocycles. The fraction of sp³-hybridized carbons (Fsp3) is 0.154. The maximum absolute atomic E-state index is 11.8. The number of pyridine rings is 1. The normalized spacial score (nSPS) is 17.9. The molecule has 0 spiro atoms. The summed E-state index contributed by atoms with van der Waals surface area (Å²) in [6.45, 7) is 1.88. The lowest BCUT2D eigenvalue weighted by Gasteiger charge is -2.29. The highest BCUT2D eigenvalue weighted by atomic mass is 32.2. The van der Waals surface area contributed by atoms with E-state index in [1.54, 1.807) is 12.3 Å². The summed E-state index contributed by atoms with van der Waals surface area (Å²) in [4.78, 5) is 6.71. The van der Waals surface area contributed by atoms with Crippen molar-refractivity contribution >= 4 is 38.7 Å². The van der Waals surface area contributed by atoms with Crippen molar-refractivity contribution in [2.45, 2.75) is 19.0 Å². The largest absolute Gasteiger partial charge is 0.351 e. The summed E-state index contributed by atoms with van der Waals surface area (Å²) in [5.74, 6) is 0. The summed E-state index contributed by atoms with van der Waals surface area (Å²) in [5.41, 5.74) is 5.19. The van der Waals surface area contributed by atoms with Crippen LogP contribution in [0.1, 0.15) is 29.0 Å². The molecule has 0 bridgehead atoms. The van der Waals surface area contributed by atoms with Crippen LogP contribution >= 0.6 is 12.2 Å². The predicted octanol–water partition coefficient (Wildman–Crippen LogP) is 4.73. The second kappa shape index (κ2) is 9.16. The van der Waals surface area contributed by atoms with Gasteiger partial charge in [0.1, 0.15) is 6.04 Å². The van der Waals surface area contributed by atoms with Gasteiger partial charge in [-0.2, -0.15) is 0 Å². The van der Waals surface area contributed by atoms with Crippen LogP contribution in [0.2, 0.25) is 0 Å². The summed E-state index contributed by atoms with van der Waals surface area (Å²) in [6, 6.07) is 25.4. The highest BCUT2D eigenvalue weighted by Crippen LogP contribution is 2.42. The molecule has 1 aliphatic heterocycles. The van der Waals surface area contributed by atoms with Crippen LogP contribution in [0.3, 0.4) is 0 Å². The van der Waals surface area contributed by atoms with E-state index in [0.29, 0.717) is 10.8 Å². The Hall–Kier alpha value is -3.69. The Morgan fingerprint density at radius 3 is 2.43 bits per heavy atom. The molecule has 3 heterocycles. The summed E-state index contributed by atoms with van der Waals surface area (Å²) in [5, 5.41) is 4.06. The second-order valence-electron chi connectivity index (χ2n) is 8.51. The van der Waals surface area contributed by atoms with Gasteiger partial charge < -0.3 is 14.8 Å². The molecule has 4 aromatic rings. The van der Waals surface area contributed by atoms with Crippen molar-refractivity contribution < 1.29 is 8.42 Å². The molecule has 0 saturated carbocycles. The van der Waals surface area contributed by atoms with Crippen LogP contribution in [0.4, 0.5) is 11.4 Å². The number of nitrogens with one attached hydrogen (secondary N) is 2. The zero-order valence-corrected chi connectivity index (χ0v) is 20.9. The number of nitrogens with zero attached hydrogens (tertiary/aromatic N) is 3. The van der Waals surface area contributed by atoms with Gasteiger partial charge in [-0.15, -0.1) is 0 Å². The number of hydrogen-bond donors (Lipinski definition) is 2. The first-order valence-electron chi connectivity index (χ1n) is 11.1. The van der Waals surface area contributed by atoms with Gasteiger partial charge in [-0.05, 0) is 79.3 Å². The Morgan fingerprint density at radius 1 is 0.971 bits per heavy atom. The zero-order chi connectivity index (χ0) is 24.6. The van der Waals surface area contributed by atoms with Crippen molar-refractivity contribution in [3.05, 3.63) is 108 Å². The predicted molar refractivity (Wildman–Crippen MR) is 143 cm³/mol. The van der Waals surface area contributed by atoms with E-state index in [1.807, 2.05) is 67.7 Å². The highest BCUT2D eigenvalue weighted by molar-refractivity contribution is 7.92. The van der Waals surface area contributed by atoms with E-state index in [2.05, 4.69) is 42.7 Å². The molecule has 9 heteroatoms. The Kier molecular flexibility index (Phi) is 6.04. The molecule has 2 aromatic heterocycles. The fourth-order valence-corrected chi connectivity index (χ4v) is 5.48. The minimum Gasteiger partial charge on any atom is -0.351 e. The number of aryl methyl sites for hydroxylation is 1. The SMILES string of the molecule is Cc1cc(N2C(=S)N[C@H](c3ccccn3)[C@H]2c2cccn2-c2ccccc2)ccc1NS(C)(=O)=O. The molecular weight excluding hydrogens is 478 g/mol. The number of hydrogen-bond acceptors (Lipinski definition) is 4. The van der Waals surface area contributed by atoms with Gasteiger partial charge in [0.2, 0.25) is 10.0 Å². The molecular formula is C26H25N5O2S2. The molecule has 0 aliphatic carbocycles. The van der Waals surface area contributed by atoms with E-state index >= 15 is 0 Å². The van der Waals surface area contributed by atoms with E-state index in [1.165, 1.54) is 0 Å². The minimum absolute atomic E-state index is 0.185. The van der Waals surface area contributed by atoms with Gasteiger partial charge in [0.05, 0.1) is 23.7 Å². The Balaban J connectivity index is 1.63. The van der Waals surface area contributed by atoms with E-state index in [4.69, 9.17) is 12.2 Å². The van der Waals surface area contributed by atoms with Crippen LogP contribution in [-0.4, -0.2) is 29.3 Å². The number of para-hydroxylation sites is 1. The van der Waals surface area contributed by atoms with Gasteiger partial charge in [0.15, 0.2) is 5.11 Å². The second-order valence-corrected chi connectivity index (χ2v) is 10.6. The third kappa shape index (κ3) is 4.65. The molecule has 5 rings (SSSR count). The first-order valence-corrected chi connectivity index (χ1v) is 13.4. The molecule has 7 nitrogen and oxygen atoms in total. The minimum atomic E-state index is -3.38. The van der Waals surface area contributed by atoms with Crippen LogP contribution in [0, 0.1) is 6.92 Å². The lowest BCUT2D eigenvalue weighted by molar-refractivity contribution is 0.549.